The van der Waals surface area contributed by atoms with E-state index in [-0.39, 0.29) is 7.43 Å². The fraction of sp³-hybridized carbons (Fsp3) is 1.00. The summed E-state index contributed by atoms with van der Waals surface area (Å²) in [4.78, 5) is 4.91. The van der Waals surface area contributed by atoms with Crippen LogP contribution in [0.1, 0.15) is 155 Å². The van der Waals surface area contributed by atoms with Gasteiger partial charge >= 0.3 is 0 Å². The van der Waals surface area contributed by atoms with Gasteiger partial charge in [0.25, 0.3) is 0 Å². The van der Waals surface area contributed by atoms with E-state index in [0.717, 1.165) is 11.8 Å². The number of nitrogens with zero attached hydrogens (tertiary/aromatic N) is 2. The molecular weight excluding hydrogens is 400 g/mol. The monoisotopic (exact) mass is 475 g/mol. The molecule has 0 amide bonds. The Hall–Kier alpha value is -0.0800. The summed E-state index contributed by atoms with van der Waals surface area (Å²) in [5.74, 6) is 1.67. The molecular formula is C31H74N2. The number of likely N-dealkylation sites (tertiary alicyclic amines) is 2. The van der Waals surface area contributed by atoms with Crippen molar-refractivity contribution in [2.24, 2.45) is 11.8 Å². The summed E-state index contributed by atoms with van der Waals surface area (Å²) in [6, 6.07) is 0. The topological polar surface area (TPSA) is 6.48 Å². The Kier molecular flexibility index (Phi) is 41.6. The zero-order chi connectivity index (χ0) is 26.0. The Balaban J connectivity index is -0.0000000977. The smallest absolute Gasteiger partial charge is 0.0125 e. The summed E-state index contributed by atoms with van der Waals surface area (Å²) in [6.45, 7) is 33.1. The van der Waals surface area contributed by atoms with Crippen LogP contribution in [0, 0.1) is 11.8 Å². The minimum Gasteiger partial charge on any atom is -0.306 e. The van der Waals surface area contributed by atoms with Crippen molar-refractivity contribution in [3.05, 3.63) is 0 Å². The third kappa shape index (κ3) is 46.0. The van der Waals surface area contributed by atoms with Crippen LogP contribution in [-0.4, -0.2) is 48.6 Å². The van der Waals surface area contributed by atoms with Gasteiger partial charge in [0.1, 0.15) is 0 Å². The Morgan fingerprint density at radius 3 is 0.818 bits per heavy atom. The van der Waals surface area contributed by atoms with E-state index in [9.17, 15) is 0 Å². The van der Waals surface area contributed by atoms with Crippen LogP contribution < -0.4 is 0 Å². The highest BCUT2D eigenvalue weighted by Gasteiger charge is 2.23. The van der Waals surface area contributed by atoms with E-state index in [4.69, 9.17) is 0 Å². The molecule has 3 fully saturated rings. The maximum absolute atomic E-state index is 2.55. The van der Waals surface area contributed by atoms with Crippen molar-refractivity contribution in [2.45, 2.75) is 161 Å². The molecule has 2 nitrogen and oxygen atoms in total. The van der Waals surface area contributed by atoms with Gasteiger partial charge in [-0.2, -0.15) is 0 Å². The highest BCUT2D eigenvalue weighted by atomic mass is 15.2. The summed E-state index contributed by atoms with van der Waals surface area (Å²) in [5, 5.41) is 0. The lowest BCUT2D eigenvalue weighted by Crippen LogP contribution is -2.38. The molecule has 0 unspecified atom stereocenters. The molecule has 3 aliphatic rings. The first-order chi connectivity index (χ1) is 15.0. The van der Waals surface area contributed by atoms with Crippen molar-refractivity contribution in [1.29, 1.82) is 0 Å². The Labute approximate surface area is 215 Å². The molecule has 3 rings (SSSR count). The molecule has 0 aromatic carbocycles. The van der Waals surface area contributed by atoms with Crippen LogP contribution in [0.5, 0.6) is 0 Å². The van der Waals surface area contributed by atoms with Crippen molar-refractivity contribution >= 4 is 0 Å². The van der Waals surface area contributed by atoms with E-state index in [0.29, 0.717) is 5.54 Å². The standard InChI is InChI=1S/C8H17N.C5H11N.C5H10.2C4H10.2C2H6.CH4/c1-8(2,3)9-6-4-5-7-9;1-6-4-2-3-5-6;1-2-4-5-3-1;2*1-4(2)3;2*1-2;/h4-7H2,1-3H3;2-5H2,1H3;1-5H2;2*4H,1-3H3;2*1-2H3;1H4. The average molecular weight is 475 g/mol. The molecule has 0 N–H and O–H groups in total. The van der Waals surface area contributed by atoms with Gasteiger partial charge in [-0.05, 0) is 91.5 Å². The average Bonchev–Trinajstić information content (AvgIpc) is 3.48. The molecule has 2 heterocycles. The van der Waals surface area contributed by atoms with Crippen LogP contribution in [0.3, 0.4) is 0 Å². The number of rotatable bonds is 0. The molecule has 0 radical (unpaired) electrons. The summed E-state index contributed by atoms with van der Waals surface area (Å²) in [5.41, 5.74) is 0.413. The quantitative estimate of drug-likeness (QED) is 0.344. The van der Waals surface area contributed by atoms with Crippen molar-refractivity contribution in [3.8, 4) is 0 Å². The van der Waals surface area contributed by atoms with Crippen LogP contribution in [0.25, 0.3) is 0 Å². The molecule has 2 heteroatoms. The molecule has 0 bridgehead atoms. The molecule has 0 aromatic rings. The van der Waals surface area contributed by atoms with Gasteiger partial charge in [0.2, 0.25) is 0 Å². The molecule has 0 spiro atoms. The first-order valence-corrected chi connectivity index (χ1v) is 14.4. The van der Waals surface area contributed by atoms with Gasteiger partial charge in [0.15, 0.2) is 0 Å². The molecule has 0 aromatic heterocycles. The minimum atomic E-state index is 0. The van der Waals surface area contributed by atoms with E-state index >= 15 is 0 Å². The fourth-order valence-corrected chi connectivity index (χ4v) is 3.15. The first-order valence-electron chi connectivity index (χ1n) is 14.4. The van der Waals surface area contributed by atoms with E-state index in [2.05, 4.69) is 79.2 Å². The largest absolute Gasteiger partial charge is 0.306 e. The van der Waals surface area contributed by atoms with Crippen molar-refractivity contribution < 1.29 is 0 Å². The third-order valence-corrected chi connectivity index (χ3v) is 4.63. The van der Waals surface area contributed by atoms with Crippen LogP contribution in [-0.2, 0) is 0 Å². The zero-order valence-electron chi connectivity index (χ0n) is 25.7. The summed E-state index contributed by atoms with van der Waals surface area (Å²) < 4.78 is 0. The number of hydrogen-bond acceptors (Lipinski definition) is 2. The Bertz CT molecular complexity index is 269. The van der Waals surface area contributed by atoms with Crippen molar-refractivity contribution in [3.63, 3.8) is 0 Å². The lowest BCUT2D eigenvalue weighted by atomic mass is 10.1. The third-order valence-electron chi connectivity index (χ3n) is 4.63. The van der Waals surface area contributed by atoms with Gasteiger partial charge in [-0.1, -0.05) is 109 Å². The van der Waals surface area contributed by atoms with Crippen molar-refractivity contribution in [1.82, 2.24) is 9.80 Å². The van der Waals surface area contributed by atoms with Gasteiger partial charge < -0.3 is 4.90 Å². The van der Waals surface area contributed by atoms with Crippen LogP contribution >= 0.6 is 0 Å². The second-order valence-electron chi connectivity index (χ2n) is 11.1. The molecule has 33 heavy (non-hydrogen) atoms. The minimum absolute atomic E-state index is 0. The second-order valence-corrected chi connectivity index (χ2v) is 11.1. The molecule has 0 atom stereocenters. The first kappa shape index (κ1) is 43.0. The zero-order valence-corrected chi connectivity index (χ0v) is 25.7. The van der Waals surface area contributed by atoms with Crippen LogP contribution in [0.4, 0.5) is 0 Å². The lowest BCUT2D eigenvalue weighted by Gasteiger charge is -2.31. The Morgan fingerprint density at radius 2 is 0.697 bits per heavy atom. The van der Waals surface area contributed by atoms with Gasteiger partial charge in [-0.25, -0.2) is 0 Å². The van der Waals surface area contributed by atoms with Gasteiger partial charge in [0.05, 0.1) is 0 Å². The molecule has 1 aliphatic carbocycles. The highest BCUT2D eigenvalue weighted by Crippen LogP contribution is 2.19. The second kappa shape index (κ2) is 31.9. The molecule has 2 saturated heterocycles. The van der Waals surface area contributed by atoms with E-state index < -0.39 is 0 Å². The molecule has 208 valence electrons. The van der Waals surface area contributed by atoms with Gasteiger partial charge in [-0.3, -0.25) is 4.90 Å². The summed E-state index contributed by atoms with van der Waals surface area (Å²) in [7, 11) is 2.17. The van der Waals surface area contributed by atoms with E-state index in [1.807, 2.05) is 27.7 Å². The maximum Gasteiger partial charge on any atom is 0.0125 e. The predicted octanol–water partition coefficient (Wildman–Crippen LogP) is 10.6. The molecule has 2 aliphatic heterocycles. The normalized spacial score (nSPS) is 17.1. The molecule has 1 saturated carbocycles. The van der Waals surface area contributed by atoms with Gasteiger partial charge in [-0.15, -0.1) is 0 Å². The summed E-state index contributed by atoms with van der Waals surface area (Å²) >= 11 is 0. The predicted molar refractivity (Wildman–Crippen MR) is 161 cm³/mol. The van der Waals surface area contributed by atoms with E-state index in [1.54, 1.807) is 0 Å². The highest BCUT2D eigenvalue weighted by molar-refractivity contribution is 4.79. The maximum atomic E-state index is 2.55. The van der Waals surface area contributed by atoms with Crippen molar-refractivity contribution in [2.75, 3.05) is 33.2 Å². The fourth-order valence-electron chi connectivity index (χ4n) is 3.15. The Morgan fingerprint density at radius 1 is 0.485 bits per heavy atom. The van der Waals surface area contributed by atoms with Crippen LogP contribution in [0.15, 0.2) is 0 Å². The number of hydrogen-bond donors (Lipinski definition) is 0. The van der Waals surface area contributed by atoms with Crippen LogP contribution in [0.2, 0.25) is 0 Å². The SMILES string of the molecule is C.C1CCCC1.CC.CC.CC(C)(C)N1CCCC1.CC(C)C.CC(C)C.CN1CCCC1. The lowest BCUT2D eigenvalue weighted by molar-refractivity contribution is 0.175. The van der Waals surface area contributed by atoms with Gasteiger partial charge in [0, 0.05) is 5.54 Å². The van der Waals surface area contributed by atoms with E-state index in [1.165, 1.54) is 84.0 Å². The summed E-state index contributed by atoms with van der Waals surface area (Å²) in [6.07, 6.45) is 13.1.